The van der Waals surface area contributed by atoms with Crippen molar-refractivity contribution in [2.24, 2.45) is 0 Å². The number of hydrogen-bond acceptors (Lipinski definition) is 6. The summed E-state index contributed by atoms with van der Waals surface area (Å²) in [5.41, 5.74) is 7.43. The van der Waals surface area contributed by atoms with Gasteiger partial charge in [0.15, 0.2) is 0 Å². The third-order valence-corrected chi connectivity index (χ3v) is 9.10. The number of hydrogen-bond donors (Lipinski definition) is 0. The standard InChI is InChI=1S/C35H29NO6S/c1-26-2-12-35(13-3-26)43(37,38)36-18-29(8-10-33-24-41-22-31(33)6-4-27-14-16-39-20-27)30(19-36)9-11-34-25-42-23-32(34)7-5-28-15-17-40-21-28/h2-3,12-15H,16-25H2,1H3. The van der Waals surface area contributed by atoms with Crippen LogP contribution in [-0.4, -0.2) is 78.7 Å². The van der Waals surface area contributed by atoms with Crippen molar-refractivity contribution in [2.45, 2.75) is 11.8 Å². The molecule has 5 aliphatic rings. The Balaban J connectivity index is 1.32. The molecule has 6 rings (SSSR count). The van der Waals surface area contributed by atoms with Crippen LogP contribution < -0.4 is 0 Å². The summed E-state index contributed by atoms with van der Waals surface area (Å²) in [5.74, 6) is 25.5. The second-order valence-electron chi connectivity index (χ2n) is 10.4. The van der Waals surface area contributed by atoms with Crippen LogP contribution in [0.5, 0.6) is 0 Å². The Bertz CT molecular complexity index is 1760. The third kappa shape index (κ3) is 6.94. The molecule has 0 amide bonds. The molecule has 0 saturated carbocycles. The van der Waals surface area contributed by atoms with Gasteiger partial charge in [0.1, 0.15) is 0 Å². The Morgan fingerprint density at radius 1 is 0.558 bits per heavy atom. The number of ether oxygens (including phenoxy) is 4. The van der Waals surface area contributed by atoms with E-state index in [-0.39, 0.29) is 18.0 Å². The number of sulfonamides is 1. The van der Waals surface area contributed by atoms with Gasteiger partial charge >= 0.3 is 0 Å². The molecule has 0 bridgehead atoms. The predicted molar refractivity (Wildman–Crippen MR) is 162 cm³/mol. The number of nitrogens with zero attached hydrogens (tertiary/aromatic N) is 1. The molecule has 216 valence electrons. The van der Waals surface area contributed by atoms with Crippen molar-refractivity contribution >= 4 is 10.0 Å². The molecule has 1 aromatic rings. The van der Waals surface area contributed by atoms with E-state index in [2.05, 4.69) is 47.4 Å². The smallest absolute Gasteiger partial charge is 0.243 e. The van der Waals surface area contributed by atoms with Gasteiger partial charge in [-0.1, -0.05) is 65.1 Å². The van der Waals surface area contributed by atoms with Crippen LogP contribution in [0.15, 0.2) is 85.9 Å². The van der Waals surface area contributed by atoms with Crippen LogP contribution in [0.3, 0.4) is 0 Å². The van der Waals surface area contributed by atoms with Gasteiger partial charge in [0, 0.05) is 57.7 Å². The van der Waals surface area contributed by atoms with Gasteiger partial charge in [-0.25, -0.2) is 8.42 Å². The number of aryl methyl sites for hydroxylation is 1. The molecule has 1 aromatic carbocycles. The summed E-state index contributed by atoms with van der Waals surface area (Å²) in [7, 11) is -3.75. The van der Waals surface area contributed by atoms with Crippen molar-refractivity contribution in [1.29, 1.82) is 0 Å². The molecule has 7 nitrogen and oxygen atoms in total. The SMILES string of the molecule is Cc1ccc(S(=O)(=O)N2CC(C#CC3=C(C#CC4=CCOC4)COC3)=C(C#CC3=C(C#CC4=CCOC4)COC3)C2)cc1. The summed E-state index contributed by atoms with van der Waals surface area (Å²) >= 11 is 0. The summed E-state index contributed by atoms with van der Waals surface area (Å²) < 4.78 is 50.5. The average Bonchev–Trinajstić information content (AvgIpc) is 3.83. The Labute approximate surface area is 253 Å². The molecule has 43 heavy (non-hydrogen) atoms. The molecule has 0 unspecified atom stereocenters. The van der Waals surface area contributed by atoms with E-state index in [0.29, 0.717) is 64.0 Å². The van der Waals surface area contributed by atoms with Crippen LogP contribution in [-0.2, 0) is 29.0 Å². The maximum atomic E-state index is 13.6. The van der Waals surface area contributed by atoms with Gasteiger partial charge in [-0.05, 0) is 31.2 Å². The predicted octanol–water partition coefficient (Wildman–Crippen LogP) is 2.88. The zero-order chi connectivity index (χ0) is 29.6. The summed E-state index contributed by atoms with van der Waals surface area (Å²) in [5, 5.41) is 0. The molecule has 0 aliphatic carbocycles. The lowest BCUT2D eigenvalue weighted by Crippen LogP contribution is -2.29. The minimum absolute atomic E-state index is 0.128. The molecule has 0 N–H and O–H groups in total. The quantitative estimate of drug-likeness (QED) is 0.493. The van der Waals surface area contributed by atoms with E-state index < -0.39 is 10.0 Å². The number of rotatable bonds is 2. The first-order valence-electron chi connectivity index (χ1n) is 14.0. The van der Waals surface area contributed by atoms with E-state index in [1.54, 1.807) is 24.3 Å². The van der Waals surface area contributed by atoms with E-state index in [4.69, 9.17) is 18.9 Å². The van der Waals surface area contributed by atoms with Crippen molar-refractivity contribution in [3.8, 4) is 47.4 Å². The molecule has 5 heterocycles. The van der Waals surface area contributed by atoms with Crippen LogP contribution in [0.2, 0.25) is 0 Å². The van der Waals surface area contributed by atoms with Gasteiger partial charge in [-0.15, -0.1) is 0 Å². The molecular formula is C35H29NO6S. The Kier molecular flexibility index (Phi) is 8.80. The Morgan fingerprint density at radius 2 is 0.977 bits per heavy atom. The van der Waals surface area contributed by atoms with Crippen molar-refractivity contribution < 1.29 is 27.4 Å². The van der Waals surface area contributed by atoms with Crippen molar-refractivity contribution in [3.05, 3.63) is 86.6 Å². The summed E-state index contributed by atoms with van der Waals surface area (Å²) in [6.45, 7) is 5.88. The minimum Gasteiger partial charge on any atom is -0.372 e. The van der Waals surface area contributed by atoms with E-state index in [1.165, 1.54) is 4.31 Å². The lowest BCUT2D eigenvalue weighted by Gasteiger charge is -2.16. The first-order chi connectivity index (χ1) is 21.0. The van der Waals surface area contributed by atoms with Crippen LogP contribution in [0.1, 0.15) is 5.56 Å². The molecular weight excluding hydrogens is 562 g/mol. The molecule has 0 spiro atoms. The molecule has 0 fully saturated rings. The maximum absolute atomic E-state index is 13.6. The maximum Gasteiger partial charge on any atom is 0.243 e. The largest absolute Gasteiger partial charge is 0.372 e. The van der Waals surface area contributed by atoms with Gasteiger partial charge in [-0.3, -0.25) is 0 Å². The highest BCUT2D eigenvalue weighted by Crippen LogP contribution is 2.26. The third-order valence-electron chi connectivity index (χ3n) is 7.29. The Morgan fingerprint density at radius 3 is 1.40 bits per heavy atom. The lowest BCUT2D eigenvalue weighted by molar-refractivity contribution is 0.207. The number of benzene rings is 1. The Hall–Kier alpha value is -4.09. The second-order valence-corrected chi connectivity index (χ2v) is 12.4. The summed E-state index contributed by atoms with van der Waals surface area (Å²) in [4.78, 5) is 0.240. The van der Waals surface area contributed by atoms with Gasteiger partial charge in [0.25, 0.3) is 0 Å². The highest BCUT2D eigenvalue weighted by molar-refractivity contribution is 7.89. The van der Waals surface area contributed by atoms with Crippen molar-refractivity contribution in [3.63, 3.8) is 0 Å². The molecule has 0 saturated heterocycles. The second kappa shape index (κ2) is 13.0. The molecule has 0 radical (unpaired) electrons. The topological polar surface area (TPSA) is 74.3 Å². The van der Waals surface area contributed by atoms with Gasteiger partial charge in [0.05, 0.1) is 57.8 Å². The first-order valence-corrected chi connectivity index (χ1v) is 15.4. The molecule has 0 atom stereocenters. The van der Waals surface area contributed by atoms with Crippen LogP contribution in [0.25, 0.3) is 0 Å². The zero-order valence-corrected chi connectivity index (χ0v) is 24.7. The van der Waals surface area contributed by atoms with Gasteiger partial charge < -0.3 is 18.9 Å². The molecule has 0 aromatic heterocycles. The van der Waals surface area contributed by atoms with Crippen LogP contribution in [0.4, 0.5) is 0 Å². The van der Waals surface area contributed by atoms with E-state index in [9.17, 15) is 8.42 Å². The van der Waals surface area contributed by atoms with Crippen molar-refractivity contribution in [2.75, 3.05) is 65.9 Å². The van der Waals surface area contributed by atoms with Gasteiger partial charge in [0.2, 0.25) is 10.0 Å². The monoisotopic (exact) mass is 591 g/mol. The average molecular weight is 592 g/mol. The van der Waals surface area contributed by atoms with Crippen molar-refractivity contribution in [1.82, 2.24) is 4.31 Å². The van der Waals surface area contributed by atoms with Crippen LogP contribution >= 0.6 is 0 Å². The van der Waals surface area contributed by atoms with Crippen LogP contribution in [0, 0.1) is 54.3 Å². The molecule has 8 heteroatoms. The lowest BCUT2D eigenvalue weighted by atomic mass is 10.1. The summed E-state index contributed by atoms with van der Waals surface area (Å²) in [6, 6.07) is 6.85. The fraction of sp³-hybridized carbons (Fsp3) is 0.314. The van der Waals surface area contributed by atoms with E-state index >= 15 is 0 Å². The van der Waals surface area contributed by atoms with E-state index in [1.807, 2.05) is 19.1 Å². The molecule has 5 aliphatic heterocycles. The fourth-order valence-electron chi connectivity index (χ4n) is 4.73. The minimum atomic E-state index is -3.75. The zero-order valence-electron chi connectivity index (χ0n) is 23.8. The first kappa shape index (κ1) is 29.0. The fourth-order valence-corrected chi connectivity index (χ4v) is 6.10. The highest BCUT2D eigenvalue weighted by Gasteiger charge is 2.31. The summed E-state index contributed by atoms with van der Waals surface area (Å²) in [6.07, 6.45) is 3.93. The highest BCUT2D eigenvalue weighted by atomic mass is 32.2. The normalized spacial score (nSPS) is 20.1. The van der Waals surface area contributed by atoms with Gasteiger partial charge in [-0.2, -0.15) is 4.31 Å². The van der Waals surface area contributed by atoms with E-state index in [0.717, 1.165) is 39.0 Å².